The van der Waals surface area contributed by atoms with Crippen LogP contribution in [0.15, 0.2) is 6.07 Å². The fraction of sp³-hybridized carbons (Fsp3) is 0.429. The summed E-state index contributed by atoms with van der Waals surface area (Å²) in [4.78, 5) is 50.6. The van der Waals surface area contributed by atoms with Crippen LogP contribution < -0.4 is 15.5 Å². The number of carbonyl (C=O) groups excluding carboxylic acids is 3. The second-order valence-electron chi connectivity index (χ2n) is 8.77. The van der Waals surface area contributed by atoms with Gasteiger partial charge in [-0.1, -0.05) is 11.3 Å². The zero-order valence-corrected chi connectivity index (χ0v) is 19.2. The third kappa shape index (κ3) is 3.46. The van der Waals surface area contributed by atoms with E-state index in [1.165, 1.54) is 11.0 Å². The number of imide groups is 2. The van der Waals surface area contributed by atoms with Crippen LogP contribution in [0.3, 0.4) is 0 Å². The highest BCUT2D eigenvalue weighted by Crippen LogP contribution is 2.49. The van der Waals surface area contributed by atoms with E-state index in [1.807, 2.05) is 0 Å². The van der Waals surface area contributed by atoms with Gasteiger partial charge in [-0.15, -0.1) is 10.2 Å². The van der Waals surface area contributed by atoms with E-state index in [2.05, 4.69) is 20.8 Å². The Morgan fingerprint density at radius 3 is 2.57 bits per heavy atom. The molecule has 2 aromatic rings. The van der Waals surface area contributed by atoms with Gasteiger partial charge in [-0.25, -0.2) is 13.6 Å². The van der Waals surface area contributed by atoms with Gasteiger partial charge in [0.1, 0.15) is 5.01 Å². The van der Waals surface area contributed by atoms with E-state index in [4.69, 9.17) is 9.84 Å². The summed E-state index contributed by atoms with van der Waals surface area (Å²) in [5.74, 6) is -5.28. The lowest BCUT2D eigenvalue weighted by molar-refractivity contribution is -0.153. The molecule has 5 rings (SSSR count). The fourth-order valence-electron chi connectivity index (χ4n) is 5.26. The van der Waals surface area contributed by atoms with Crippen molar-refractivity contribution in [1.29, 1.82) is 0 Å². The first-order chi connectivity index (χ1) is 16.5. The van der Waals surface area contributed by atoms with Crippen LogP contribution in [0.1, 0.15) is 24.4 Å². The van der Waals surface area contributed by atoms with E-state index < -0.39 is 65.5 Å². The van der Waals surface area contributed by atoms with Crippen molar-refractivity contribution in [3.8, 4) is 10.6 Å². The van der Waals surface area contributed by atoms with Crippen LogP contribution in [-0.4, -0.2) is 63.9 Å². The van der Waals surface area contributed by atoms with E-state index in [9.17, 15) is 19.2 Å². The molecule has 1 aromatic heterocycles. The summed E-state index contributed by atoms with van der Waals surface area (Å²) in [5, 5.41) is 20.8. The number of fused-ring (bicyclic) bond motifs is 4. The van der Waals surface area contributed by atoms with Crippen LogP contribution in [0.2, 0.25) is 0 Å². The topological polar surface area (TPSA) is 151 Å². The van der Waals surface area contributed by atoms with E-state index in [-0.39, 0.29) is 39.8 Å². The number of ether oxygens (including phenoxy) is 1. The van der Waals surface area contributed by atoms with Gasteiger partial charge in [0.2, 0.25) is 11.8 Å². The molecule has 1 unspecified atom stereocenters. The molecule has 35 heavy (non-hydrogen) atoms. The van der Waals surface area contributed by atoms with Crippen molar-refractivity contribution < 1.29 is 37.8 Å². The molecule has 11 nitrogen and oxygen atoms in total. The summed E-state index contributed by atoms with van der Waals surface area (Å²) in [5.41, 5.74) is -2.06. The van der Waals surface area contributed by atoms with Crippen molar-refractivity contribution in [2.75, 3.05) is 11.4 Å². The smallest absolute Gasteiger partial charge is 0.328 e. The summed E-state index contributed by atoms with van der Waals surface area (Å²) in [6.45, 7) is 3.42. The Balaban J connectivity index is 1.69. The molecule has 1 aromatic carbocycles. The predicted molar refractivity (Wildman–Crippen MR) is 116 cm³/mol. The molecule has 3 aliphatic heterocycles. The minimum atomic E-state index is -1.85. The standard InChI is InChI=1S/C21H19F2N5O6S/c1-7-6-28-15-9(3-10(13(22)14(15)23)17-27-26-11(35-17)4-12(29)30)5-21(16(28)8(2)34-7)18(31)24-20(33)25-19(21)32/h3,7-8,16H,4-6H2,1-2H3,(H,29,30)(H2,24,25,31,32,33)/t7-,8+,16?/m0/s1. The van der Waals surface area contributed by atoms with Crippen molar-refractivity contribution >= 4 is 40.8 Å². The molecule has 184 valence electrons. The molecule has 4 amide bonds. The van der Waals surface area contributed by atoms with Gasteiger partial charge in [-0.05, 0) is 25.5 Å². The molecule has 2 fully saturated rings. The van der Waals surface area contributed by atoms with Gasteiger partial charge in [0.25, 0.3) is 0 Å². The first-order valence-corrected chi connectivity index (χ1v) is 11.5. The molecular weight excluding hydrogens is 488 g/mol. The Morgan fingerprint density at radius 1 is 1.23 bits per heavy atom. The fourth-order valence-corrected chi connectivity index (χ4v) is 6.10. The SMILES string of the molecule is C[C@H]1CN2c3c(cc(-c4nnc(CC(=O)O)s4)c(F)c3F)CC3(C(=O)NC(=O)NC3=O)C2[C@@H](C)O1. The molecular formula is C21H19F2N5O6S. The van der Waals surface area contributed by atoms with Gasteiger partial charge in [0.05, 0.1) is 35.9 Å². The number of anilines is 1. The molecule has 0 bridgehead atoms. The Hall–Kier alpha value is -3.52. The number of carboxylic acids is 1. The summed E-state index contributed by atoms with van der Waals surface area (Å²) in [7, 11) is 0. The molecule has 3 N–H and O–H groups in total. The zero-order chi connectivity index (χ0) is 25.2. The van der Waals surface area contributed by atoms with E-state index in [0.717, 1.165) is 11.3 Å². The minimum Gasteiger partial charge on any atom is -0.481 e. The van der Waals surface area contributed by atoms with Gasteiger partial charge in [-0.3, -0.25) is 25.0 Å². The van der Waals surface area contributed by atoms with Crippen LogP contribution in [0.5, 0.6) is 0 Å². The Labute approximate surface area is 200 Å². The number of amides is 4. The number of aliphatic carboxylic acids is 1. The molecule has 0 saturated carbocycles. The van der Waals surface area contributed by atoms with Crippen molar-refractivity contribution in [2.45, 2.75) is 44.9 Å². The van der Waals surface area contributed by atoms with Gasteiger partial charge in [0, 0.05) is 13.0 Å². The van der Waals surface area contributed by atoms with Crippen molar-refractivity contribution in [3.05, 3.63) is 28.3 Å². The highest BCUT2D eigenvalue weighted by molar-refractivity contribution is 7.14. The molecule has 3 atom stereocenters. The number of morpholine rings is 1. The lowest BCUT2D eigenvalue weighted by Gasteiger charge is -2.55. The molecule has 0 aliphatic carbocycles. The lowest BCUT2D eigenvalue weighted by Crippen LogP contribution is -2.75. The Bertz CT molecular complexity index is 1280. The highest BCUT2D eigenvalue weighted by Gasteiger charge is 2.63. The summed E-state index contributed by atoms with van der Waals surface area (Å²) in [6, 6.07) is -0.687. The number of halogens is 2. The average Bonchev–Trinajstić information content (AvgIpc) is 3.21. The van der Waals surface area contributed by atoms with Crippen molar-refractivity contribution in [3.63, 3.8) is 0 Å². The molecule has 1 spiro atoms. The molecule has 14 heteroatoms. The maximum atomic E-state index is 15.6. The van der Waals surface area contributed by atoms with Crippen molar-refractivity contribution in [1.82, 2.24) is 20.8 Å². The van der Waals surface area contributed by atoms with Crippen LogP contribution >= 0.6 is 11.3 Å². The van der Waals surface area contributed by atoms with Gasteiger partial charge in [0.15, 0.2) is 22.1 Å². The third-order valence-electron chi connectivity index (χ3n) is 6.47. The first kappa shape index (κ1) is 23.2. The monoisotopic (exact) mass is 507 g/mol. The Kier molecular flexibility index (Phi) is 5.32. The van der Waals surface area contributed by atoms with Crippen molar-refractivity contribution in [2.24, 2.45) is 5.41 Å². The molecule has 0 radical (unpaired) electrons. The second-order valence-corrected chi connectivity index (χ2v) is 9.83. The normalized spacial score (nSPS) is 25.1. The number of nitrogens with zero attached hydrogens (tertiary/aromatic N) is 3. The number of urea groups is 1. The maximum Gasteiger partial charge on any atom is 0.328 e. The Morgan fingerprint density at radius 2 is 1.91 bits per heavy atom. The lowest BCUT2D eigenvalue weighted by atomic mass is 9.66. The third-order valence-corrected chi connectivity index (χ3v) is 7.42. The number of barbiturate groups is 1. The molecule has 2 saturated heterocycles. The second kappa shape index (κ2) is 8.02. The number of benzene rings is 1. The number of hydrogen-bond donors (Lipinski definition) is 3. The zero-order valence-electron chi connectivity index (χ0n) is 18.4. The van der Waals surface area contributed by atoms with E-state index >= 15 is 8.78 Å². The summed E-state index contributed by atoms with van der Waals surface area (Å²) < 4.78 is 36.8. The van der Waals surface area contributed by atoms with Crippen LogP contribution in [0.4, 0.5) is 19.3 Å². The minimum absolute atomic E-state index is 0.0481. The number of rotatable bonds is 3. The number of aromatic nitrogens is 2. The summed E-state index contributed by atoms with van der Waals surface area (Å²) in [6.07, 6.45) is -1.93. The highest BCUT2D eigenvalue weighted by atomic mass is 32.1. The van der Waals surface area contributed by atoms with Gasteiger partial charge < -0.3 is 14.7 Å². The summed E-state index contributed by atoms with van der Waals surface area (Å²) >= 11 is 0.793. The molecule has 4 heterocycles. The van der Waals surface area contributed by atoms with E-state index in [1.54, 1.807) is 13.8 Å². The van der Waals surface area contributed by atoms with Crippen LogP contribution in [0.25, 0.3) is 10.6 Å². The van der Waals surface area contributed by atoms with Crippen LogP contribution in [-0.2, 0) is 32.0 Å². The first-order valence-electron chi connectivity index (χ1n) is 10.7. The van der Waals surface area contributed by atoms with Gasteiger partial charge in [-0.2, -0.15) is 0 Å². The number of carbonyl (C=O) groups is 4. The van der Waals surface area contributed by atoms with Gasteiger partial charge >= 0.3 is 12.0 Å². The largest absolute Gasteiger partial charge is 0.481 e. The predicted octanol–water partition coefficient (Wildman–Crippen LogP) is 1.00. The molecule has 3 aliphatic rings. The maximum absolute atomic E-state index is 15.6. The van der Waals surface area contributed by atoms with Crippen LogP contribution in [0, 0.1) is 17.0 Å². The van der Waals surface area contributed by atoms with E-state index in [0.29, 0.717) is 0 Å². The quantitative estimate of drug-likeness (QED) is 0.517. The number of hydrogen-bond acceptors (Lipinski definition) is 9. The number of nitrogens with one attached hydrogen (secondary N) is 2. The number of carboxylic acid groups (broad SMARTS) is 1. The average molecular weight is 507 g/mol.